The molecule has 0 saturated heterocycles. The molecule has 0 amide bonds. The van der Waals surface area contributed by atoms with Gasteiger partial charge in [-0.1, -0.05) is 293 Å². The number of para-hydroxylation sites is 8. The Morgan fingerprint density at radius 1 is 0.300 bits per heavy atom. The molecule has 0 unspecified atom stereocenters. The third-order valence-electron chi connectivity index (χ3n) is 21.9. The molecule has 0 atom stereocenters. The van der Waals surface area contributed by atoms with Crippen molar-refractivity contribution < 1.29 is 0 Å². The van der Waals surface area contributed by atoms with Gasteiger partial charge >= 0.3 is 0 Å². The molecule has 16 aromatic carbocycles. The molecule has 4 aliphatic rings. The van der Waals surface area contributed by atoms with E-state index in [2.05, 4.69) is 296 Å². The van der Waals surface area contributed by atoms with Crippen LogP contribution in [0, 0.1) is 0 Å². The molecule has 0 bridgehead atoms. The summed E-state index contributed by atoms with van der Waals surface area (Å²) in [4.78, 5) is 2.13. The van der Waals surface area contributed by atoms with Crippen molar-refractivity contribution in [2.24, 2.45) is 0 Å². The number of fused-ring (bicyclic) bond motifs is 21. The molecule has 4 aliphatic carbocycles. The zero-order chi connectivity index (χ0) is 74.1. The number of nitrogens with two attached hydrogens (primary N) is 1. The molecule has 19 aromatic rings. The number of nitrogen functional groups attached to an aromatic ring is 1. The van der Waals surface area contributed by atoms with E-state index >= 15 is 0 Å². The van der Waals surface area contributed by atoms with Crippen molar-refractivity contribution >= 4 is 156 Å². The van der Waals surface area contributed by atoms with Crippen LogP contribution in [0.5, 0.6) is 0 Å². The van der Waals surface area contributed by atoms with Crippen LogP contribution in [0.2, 0.25) is 20.1 Å². The first-order valence-corrected chi connectivity index (χ1v) is 39.3. The van der Waals surface area contributed by atoms with Crippen molar-refractivity contribution in [1.82, 2.24) is 8.97 Å². The largest absolute Gasteiger partial charge is 0.397 e. The average molecular weight is 1560 g/mol. The highest BCUT2D eigenvalue weighted by molar-refractivity contribution is 9.10. The van der Waals surface area contributed by atoms with Crippen LogP contribution in [-0.2, 0) is 25.7 Å². The molecular formula is C100H68BrCl4N5. The molecule has 0 fully saturated rings. The van der Waals surface area contributed by atoms with Crippen LogP contribution in [0.1, 0.15) is 44.5 Å². The van der Waals surface area contributed by atoms with E-state index in [4.69, 9.17) is 52.1 Å². The summed E-state index contributed by atoms with van der Waals surface area (Å²) in [5.74, 6) is 0. The Hall–Kier alpha value is -11.8. The predicted molar refractivity (Wildman–Crippen MR) is 471 cm³/mol. The quantitative estimate of drug-likeness (QED) is 0.163. The van der Waals surface area contributed by atoms with Crippen LogP contribution in [-0.4, -0.2) is 8.97 Å². The van der Waals surface area contributed by atoms with Crippen LogP contribution in [0.15, 0.2) is 350 Å². The predicted octanol–water partition coefficient (Wildman–Crippen LogP) is 29.1. The number of anilines is 6. The zero-order valence-electron chi connectivity index (χ0n) is 59.5. The third kappa shape index (κ3) is 12.4. The van der Waals surface area contributed by atoms with Crippen LogP contribution in [0.25, 0.3) is 110 Å². The van der Waals surface area contributed by atoms with E-state index in [1.165, 1.54) is 149 Å². The summed E-state index contributed by atoms with van der Waals surface area (Å²) in [6.45, 7) is 0. The van der Waals surface area contributed by atoms with Crippen molar-refractivity contribution in [3.8, 4) is 50.2 Å². The Balaban J connectivity index is 0.0000000955. The molecule has 0 aliphatic heterocycles. The van der Waals surface area contributed by atoms with Gasteiger partial charge in [0.05, 0.1) is 70.4 Å². The van der Waals surface area contributed by atoms with Gasteiger partial charge in [0.25, 0.3) is 0 Å². The average Bonchev–Trinajstić information content (AvgIpc) is 1.54. The number of benzene rings is 16. The number of nitrogens with zero attached hydrogens (tertiary/aromatic N) is 3. The maximum Gasteiger partial charge on any atom is 0.0835 e. The minimum Gasteiger partial charge on any atom is -0.397 e. The van der Waals surface area contributed by atoms with Crippen molar-refractivity contribution in [2.75, 3.05) is 16.0 Å². The first-order chi connectivity index (χ1) is 54.0. The Bertz CT molecular complexity index is 6710. The first kappa shape index (κ1) is 68.7. The lowest BCUT2D eigenvalue weighted by molar-refractivity contribution is 1.16. The standard InChI is InChI=1S/C25H17Cl2N.C25H18N2.C25H15N.C13H9Br.C12H9Cl2N/c26-23-11-6-12-24(27)25(23)28(19-8-2-1-3-9-19)20-14-13-18-15-17-7-4-5-10-21(17)22(18)16-20;26-22-15-21-17(13-16-7-1-2-8-18(16)21)14-25(22)27-23-11-5-3-9-19(23)20-10-4-6-12-24(20)27;1-2-7-17-15(6-1)12-16-13-24-22(14-21(16)17)20-10-5-9-19-18-8-3-4-11-23(18)26(24)25(19)20;14-11-6-5-10-7-9-3-1-2-4-12(9)13(10)8-11;13-10-7-4-8-11(14)12(10)15-9-5-2-1-3-6-9/h1-14,16H,15H2;1-12,14-15H,13,26H2;1-11,13-14H,12H2;1-6,8H,7H2;1-8,15H. The lowest BCUT2D eigenvalue weighted by Crippen LogP contribution is -2.11. The van der Waals surface area contributed by atoms with Crippen LogP contribution < -0.4 is 16.0 Å². The Kier molecular flexibility index (Phi) is 18.1. The van der Waals surface area contributed by atoms with E-state index in [1.807, 2.05) is 72.8 Å². The van der Waals surface area contributed by atoms with Crippen molar-refractivity contribution in [1.29, 1.82) is 0 Å². The van der Waals surface area contributed by atoms with Crippen LogP contribution >= 0.6 is 62.3 Å². The highest BCUT2D eigenvalue weighted by Gasteiger charge is 2.27. The van der Waals surface area contributed by atoms with Crippen LogP contribution in [0.3, 0.4) is 0 Å². The fourth-order valence-corrected chi connectivity index (χ4v) is 18.4. The number of hydrogen-bond donors (Lipinski definition) is 2. The monoisotopic (exact) mass is 1560 g/mol. The second-order valence-corrected chi connectivity index (χ2v) is 30.9. The van der Waals surface area contributed by atoms with Gasteiger partial charge in [-0.05, 0) is 230 Å². The van der Waals surface area contributed by atoms with E-state index in [0.29, 0.717) is 20.1 Å². The van der Waals surface area contributed by atoms with Gasteiger partial charge in [0.1, 0.15) is 0 Å². The molecular weight excluding hydrogens is 1490 g/mol. The molecule has 3 heterocycles. The lowest BCUT2D eigenvalue weighted by Gasteiger charge is -2.27. The summed E-state index contributed by atoms with van der Waals surface area (Å²) < 4.78 is 5.94. The molecule has 3 aromatic heterocycles. The third-order valence-corrected chi connectivity index (χ3v) is 23.6. The molecule has 0 saturated carbocycles. The summed E-state index contributed by atoms with van der Waals surface area (Å²) in [6, 6.07) is 121. The summed E-state index contributed by atoms with van der Waals surface area (Å²) in [7, 11) is 0. The smallest absolute Gasteiger partial charge is 0.0835 e. The van der Waals surface area contributed by atoms with Gasteiger partial charge in [-0.25, -0.2) is 0 Å². The Morgan fingerprint density at radius 3 is 1.28 bits per heavy atom. The Morgan fingerprint density at radius 2 is 0.709 bits per heavy atom. The molecule has 528 valence electrons. The fraction of sp³-hybridized carbons (Fsp3) is 0.0400. The number of nitrogens with one attached hydrogen (secondary N) is 1. The molecule has 0 spiro atoms. The summed E-state index contributed by atoms with van der Waals surface area (Å²) in [5, 5.41) is 13.6. The van der Waals surface area contributed by atoms with E-state index < -0.39 is 0 Å². The Labute approximate surface area is 666 Å². The van der Waals surface area contributed by atoms with Gasteiger partial charge in [-0.15, -0.1) is 0 Å². The molecule has 23 rings (SSSR count). The highest BCUT2D eigenvalue weighted by atomic mass is 79.9. The maximum absolute atomic E-state index is 6.60. The van der Waals surface area contributed by atoms with Gasteiger partial charge < -0.3 is 24.9 Å². The molecule has 0 radical (unpaired) electrons. The first-order valence-electron chi connectivity index (χ1n) is 37.0. The minimum atomic E-state index is 0.617. The number of hydrogen-bond acceptors (Lipinski definition) is 3. The molecule has 10 heteroatoms. The summed E-state index contributed by atoms with van der Waals surface area (Å²) >= 11 is 28.8. The minimum absolute atomic E-state index is 0.617. The fourth-order valence-electron chi connectivity index (χ4n) is 16.9. The van der Waals surface area contributed by atoms with E-state index in [1.54, 1.807) is 12.1 Å². The SMILES string of the molecule is Brc1ccc2c(c1)-c1ccccc1C2.Clc1cccc(Cl)c1N(c1ccccc1)c1ccc2c(c1)-c1ccccc1C2.Clc1cccc(Cl)c1Nc1ccccc1.Nc1cc2c(cc1-n1c3ccccc3c3ccccc31)Cc1ccccc1-2.c1ccc2c(c1)Cc1cc3c(cc1-2)c1cccc2c4ccccc4n3c21. The molecule has 3 N–H and O–H groups in total. The second-order valence-electron chi connectivity index (χ2n) is 28.3. The zero-order valence-corrected chi connectivity index (χ0v) is 64.2. The van der Waals surface area contributed by atoms with E-state index in [9.17, 15) is 0 Å². The second kappa shape index (κ2) is 29.0. The van der Waals surface area contributed by atoms with Gasteiger partial charge in [-0.3, -0.25) is 0 Å². The van der Waals surface area contributed by atoms with Crippen molar-refractivity contribution in [3.05, 3.63) is 415 Å². The van der Waals surface area contributed by atoms with Gasteiger partial charge in [0.2, 0.25) is 0 Å². The molecule has 5 nitrogen and oxygen atoms in total. The van der Waals surface area contributed by atoms with Gasteiger partial charge in [0.15, 0.2) is 0 Å². The maximum atomic E-state index is 6.60. The van der Waals surface area contributed by atoms with Crippen LogP contribution in [0.4, 0.5) is 34.1 Å². The van der Waals surface area contributed by atoms with Crippen molar-refractivity contribution in [2.45, 2.75) is 25.7 Å². The van der Waals surface area contributed by atoms with Gasteiger partial charge in [0, 0.05) is 53.9 Å². The number of rotatable bonds is 6. The number of halogens is 5. The normalized spacial score (nSPS) is 12.1. The lowest BCUT2D eigenvalue weighted by atomic mass is 10.0. The van der Waals surface area contributed by atoms with Crippen molar-refractivity contribution in [3.63, 3.8) is 0 Å². The number of aromatic nitrogens is 2. The van der Waals surface area contributed by atoms with E-state index in [0.717, 1.165) is 70.0 Å². The summed E-state index contributed by atoms with van der Waals surface area (Å²) in [5.41, 5.74) is 41.4. The van der Waals surface area contributed by atoms with E-state index in [-0.39, 0.29) is 0 Å². The summed E-state index contributed by atoms with van der Waals surface area (Å²) in [6.07, 6.45) is 4.07. The highest BCUT2D eigenvalue weighted by Crippen LogP contribution is 2.49. The molecule has 110 heavy (non-hydrogen) atoms. The van der Waals surface area contributed by atoms with Gasteiger partial charge in [-0.2, -0.15) is 0 Å². The topological polar surface area (TPSA) is 50.6 Å².